The highest BCUT2D eigenvalue weighted by Crippen LogP contribution is 2.22. The molecule has 0 fully saturated rings. The molecule has 0 bridgehead atoms. The van der Waals surface area contributed by atoms with Gasteiger partial charge in [-0.05, 0) is 48.1 Å². The van der Waals surface area contributed by atoms with Gasteiger partial charge in [-0.2, -0.15) is 5.10 Å². The van der Waals surface area contributed by atoms with Crippen molar-refractivity contribution in [2.75, 3.05) is 12.4 Å². The summed E-state index contributed by atoms with van der Waals surface area (Å²) < 4.78 is 7.35. The summed E-state index contributed by atoms with van der Waals surface area (Å²) in [6.45, 7) is 0.665. The number of nitrogens with zero attached hydrogens (tertiary/aromatic N) is 2. The first-order valence-electron chi connectivity index (χ1n) is 8.29. The predicted octanol–water partition coefficient (Wildman–Crippen LogP) is 4.52. The van der Waals surface area contributed by atoms with Crippen LogP contribution in [0.2, 0.25) is 5.02 Å². The van der Waals surface area contributed by atoms with Crippen LogP contribution in [0.5, 0.6) is 5.75 Å². The maximum absolute atomic E-state index is 6.25. The van der Waals surface area contributed by atoms with Crippen LogP contribution in [0.25, 0.3) is 0 Å². The van der Waals surface area contributed by atoms with E-state index in [1.54, 1.807) is 13.3 Å². The van der Waals surface area contributed by atoms with Crippen molar-refractivity contribution >= 4 is 40.8 Å². The molecule has 0 unspecified atom stereocenters. The van der Waals surface area contributed by atoms with Crippen LogP contribution in [0.15, 0.2) is 72.0 Å². The zero-order chi connectivity index (χ0) is 19.1. The zero-order valence-corrected chi connectivity index (χ0v) is 16.3. The molecule has 0 spiro atoms. The number of methoxy groups -OCH3 is 1. The highest BCUT2D eigenvalue weighted by atomic mass is 35.5. The van der Waals surface area contributed by atoms with Gasteiger partial charge in [0.15, 0.2) is 5.11 Å². The van der Waals surface area contributed by atoms with E-state index in [0.717, 1.165) is 22.0 Å². The van der Waals surface area contributed by atoms with E-state index in [1.165, 1.54) is 0 Å². The fraction of sp³-hybridized carbons (Fsp3) is 0.100. The van der Waals surface area contributed by atoms with E-state index >= 15 is 0 Å². The third-order valence-electron chi connectivity index (χ3n) is 3.88. The molecule has 27 heavy (non-hydrogen) atoms. The van der Waals surface area contributed by atoms with Gasteiger partial charge in [0.25, 0.3) is 0 Å². The molecule has 7 heteroatoms. The van der Waals surface area contributed by atoms with Crippen LogP contribution in [0.4, 0.5) is 5.69 Å². The number of benzene rings is 2. The van der Waals surface area contributed by atoms with Gasteiger partial charge in [-0.15, -0.1) is 0 Å². The quantitative estimate of drug-likeness (QED) is 0.364. The fourth-order valence-electron chi connectivity index (χ4n) is 2.55. The summed E-state index contributed by atoms with van der Waals surface area (Å²) in [7, 11) is 1.61. The Hall–Kier alpha value is -2.83. The standard InChI is InChI=1S/C20H19ClN4OS/c1-26-19-11-5-4-10-18(19)23-20(27)24-22-13-16-8-6-12-25(16)14-15-7-2-3-9-17(15)21/h2-13H,14H2,1H3,(H2,23,24,27)/b22-13-. The predicted molar refractivity (Wildman–Crippen MR) is 115 cm³/mol. The van der Waals surface area contributed by atoms with E-state index in [9.17, 15) is 0 Å². The summed E-state index contributed by atoms with van der Waals surface area (Å²) >= 11 is 11.5. The molecule has 2 aromatic carbocycles. The zero-order valence-electron chi connectivity index (χ0n) is 14.7. The summed E-state index contributed by atoms with van der Waals surface area (Å²) in [5.41, 5.74) is 5.57. The van der Waals surface area contributed by atoms with E-state index in [2.05, 4.69) is 20.4 Å². The van der Waals surface area contributed by atoms with Crippen molar-refractivity contribution in [3.05, 3.63) is 83.1 Å². The minimum absolute atomic E-state index is 0.375. The van der Waals surface area contributed by atoms with Crippen LogP contribution in [0, 0.1) is 0 Å². The smallest absolute Gasteiger partial charge is 0.191 e. The van der Waals surface area contributed by atoms with Crippen molar-refractivity contribution in [1.82, 2.24) is 9.99 Å². The second kappa shape index (κ2) is 9.21. The van der Waals surface area contributed by atoms with Crippen molar-refractivity contribution in [1.29, 1.82) is 0 Å². The molecule has 0 saturated heterocycles. The number of hydrogen-bond acceptors (Lipinski definition) is 3. The lowest BCUT2D eigenvalue weighted by Crippen LogP contribution is -2.24. The van der Waals surface area contributed by atoms with Crippen molar-refractivity contribution in [2.24, 2.45) is 5.10 Å². The lowest BCUT2D eigenvalue weighted by molar-refractivity contribution is 0.417. The molecule has 2 N–H and O–H groups in total. The highest BCUT2D eigenvalue weighted by molar-refractivity contribution is 7.80. The van der Waals surface area contributed by atoms with E-state index in [-0.39, 0.29) is 0 Å². The number of halogens is 1. The first-order valence-corrected chi connectivity index (χ1v) is 9.07. The minimum Gasteiger partial charge on any atom is -0.495 e. The summed E-state index contributed by atoms with van der Waals surface area (Å²) in [6.07, 6.45) is 3.70. The Labute approximate surface area is 168 Å². The number of hydrazone groups is 1. The lowest BCUT2D eigenvalue weighted by Gasteiger charge is -2.11. The fourth-order valence-corrected chi connectivity index (χ4v) is 2.91. The summed E-state index contributed by atoms with van der Waals surface area (Å²) in [5, 5.41) is 8.40. The van der Waals surface area contributed by atoms with Gasteiger partial charge in [0, 0.05) is 17.8 Å². The van der Waals surface area contributed by atoms with Gasteiger partial charge < -0.3 is 14.6 Å². The number of aromatic nitrogens is 1. The second-order valence-electron chi connectivity index (χ2n) is 5.68. The first kappa shape index (κ1) is 18.9. The molecule has 0 aliphatic heterocycles. The van der Waals surface area contributed by atoms with Gasteiger partial charge in [0.1, 0.15) is 5.75 Å². The lowest BCUT2D eigenvalue weighted by atomic mass is 10.2. The van der Waals surface area contributed by atoms with E-state index in [0.29, 0.717) is 17.4 Å². The monoisotopic (exact) mass is 398 g/mol. The average molecular weight is 399 g/mol. The Bertz CT molecular complexity index is 954. The normalized spacial score (nSPS) is 10.7. The van der Waals surface area contributed by atoms with Gasteiger partial charge in [-0.1, -0.05) is 41.9 Å². The van der Waals surface area contributed by atoms with Crippen LogP contribution in [0.3, 0.4) is 0 Å². The number of para-hydroxylation sites is 2. The summed E-state index contributed by atoms with van der Waals surface area (Å²) in [4.78, 5) is 0. The topological polar surface area (TPSA) is 50.6 Å². The van der Waals surface area contributed by atoms with Gasteiger partial charge in [0.05, 0.1) is 24.7 Å². The van der Waals surface area contributed by atoms with Gasteiger partial charge in [-0.25, -0.2) is 0 Å². The van der Waals surface area contributed by atoms with Crippen LogP contribution in [-0.4, -0.2) is 23.0 Å². The Morgan fingerprint density at radius 3 is 2.74 bits per heavy atom. The third-order valence-corrected chi connectivity index (χ3v) is 4.44. The average Bonchev–Trinajstić information content (AvgIpc) is 3.11. The SMILES string of the molecule is COc1ccccc1NC(=S)N/N=C\c1cccn1Cc1ccccc1Cl. The number of anilines is 1. The maximum Gasteiger partial charge on any atom is 0.191 e. The van der Waals surface area contributed by atoms with Crippen LogP contribution < -0.4 is 15.5 Å². The Morgan fingerprint density at radius 1 is 1.15 bits per heavy atom. The largest absolute Gasteiger partial charge is 0.495 e. The molecule has 5 nitrogen and oxygen atoms in total. The van der Waals surface area contributed by atoms with Crippen LogP contribution >= 0.6 is 23.8 Å². The van der Waals surface area contributed by atoms with Crippen molar-refractivity contribution in [2.45, 2.75) is 6.54 Å². The van der Waals surface area contributed by atoms with Gasteiger partial charge in [0.2, 0.25) is 0 Å². The molecule has 0 aliphatic rings. The molecule has 0 saturated carbocycles. The number of thiocarbonyl (C=S) groups is 1. The highest BCUT2D eigenvalue weighted by Gasteiger charge is 2.04. The van der Waals surface area contributed by atoms with Crippen molar-refractivity contribution < 1.29 is 4.74 Å². The Morgan fingerprint density at radius 2 is 1.93 bits per heavy atom. The molecule has 1 aromatic heterocycles. The molecule has 0 amide bonds. The van der Waals surface area contributed by atoms with Crippen LogP contribution in [-0.2, 0) is 6.54 Å². The Balaban J connectivity index is 1.61. The van der Waals surface area contributed by atoms with Crippen LogP contribution in [0.1, 0.15) is 11.3 Å². The minimum atomic E-state index is 0.375. The number of ether oxygens (including phenoxy) is 1. The van der Waals surface area contributed by atoms with Gasteiger partial charge in [-0.3, -0.25) is 5.43 Å². The van der Waals surface area contributed by atoms with E-state index in [4.69, 9.17) is 28.6 Å². The number of hydrogen-bond donors (Lipinski definition) is 2. The molecule has 0 atom stereocenters. The van der Waals surface area contributed by atoms with Gasteiger partial charge >= 0.3 is 0 Å². The summed E-state index contributed by atoms with van der Waals surface area (Å²) in [6, 6.07) is 19.3. The second-order valence-corrected chi connectivity index (χ2v) is 6.49. The van der Waals surface area contributed by atoms with E-state index in [1.807, 2.05) is 66.9 Å². The maximum atomic E-state index is 6.25. The molecule has 3 rings (SSSR count). The molecular weight excluding hydrogens is 380 g/mol. The van der Waals surface area contributed by atoms with E-state index < -0.39 is 0 Å². The number of rotatable bonds is 6. The van der Waals surface area contributed by atoms with Crippen molar-refractivity contribution in [3.8, 4) is 5.75 Å². The summed E-state index contributed by atoms with van der Waals surface area (Å²) in [5.74, 6) is 0.708. The molecule has 0 aliphatic carbocycles. The molecule has 138 valence electrons. The molecule has 1 heterocycles. The molecule has 0 radical (unpaired) electrons. The number of nitrogens with one attached hydrogen (secondary N) is 2. The first-order chi connectivity index (χ1) is 13.2. The Kier molecular flexibility index (Phi) is 6.46. The molecule has 3 aromatic rings. The molecular formula is C20H19ClN4OS. The third kappa shape index (κ3) is 5.09. The van der Waals surface area contributed by atoms with Crippen molar-refractivity contribution in [3.63, 3.8) is 0 Å².